The predicted octanol–water partition coefficient (Wildman–Crippen LogP) is 4.10. The molecule has 0 saturated heterocycles. The van der Waals surface area contributed by atoms with Crippen molar-refractivity contribution in [3.05, 3.63) is 29.8 Å². The summed E-state index contributed by atoms with van der Waals surface area (Å²) in [6.45, 7) is 6.62. The molecule has 1 heterocycles. The first-order valence-electron chi connectivity index (χ1n) is 6.26. The number of nitrogens with zero attached hydrogens (tertiary/aromatic N) is 1. The van der Waals surface area contributed by atoms with Crippen LogP contribution in [0.15, 0.2) is 29.3 Å². The topological polar surface area (TPSA) is 24.4 Å². The van der Waals surface area contributed by atoms with E-state index in [2.05, 4.69) is 55.3 Å². The van der Waals surface area contributed by atoms with Gasteiger partial charge in [-0.1, -0.05) is 44.7 Å². The molecule has 1 unspecified atom stereocenters. The highest BCUT2D eigenvalue weighted by Crippen LogP contribution is 2.23. The molecular formula is C14H20N2S. The maximum atomic E-state index is 4.63. The molecule has 0 saturated carbocycles. The Balaban J connectivity index is 2.00. The van der Waals surface area contributed by atoms with Crippen molar-refractivity contribution in [3.63, 3.8) is 0 Å². The number of thioether (sulfide) groups is 1. The lowest BCUT2D eigenvalue weighted by atomic mass is 10.0. The van der Waals surface area contributed by atoms with Gasteiger partial charge in [-0.2, -0.15) is 0 Å². The van der Waals surface area contributed by atoms with Gasteiger partial charge < -0.3 is 5.32 Å². The number of anilines is 1. The van der Waals surface area contributed by atoms with Crippen LogP contribution in [0.2, 0.25) is 0 Å². The van der Waals surface area contributed by atoms with Crippen LogP contribution in [0.25, 0.3) is 0 Å². The zero-order valence-corrected chi connectivity index (χ0v) is 11.6. The minimum atomic E-state index is 0.498. The molecule has 0 aliphatic carbocycles. The summed E-state index contributed by atoms with van der Waals surface area (Å²) in [5.74, 6) is 1.70. The van der Waals surface area contributed by atoms with Crippen LogP contribution >= 0.6 is 11.8 Å². The number of benzene rings is 1. The van der Waals surface area contributed by atoms with Crippen molar-refractivity contribution < 1.29 is 0 Å². The van der Waals surface area contributed by atoms with Crippen molar-refractivity contribution in [1.29, 1.82) is 0 Å². The molecule has 0 aromatic heterocycles. The molecule has 1 N–H and O–H groups in total. The number of amidine groups is 1. The average Bonchev–Trinajstić information content (AvgIpc) is 2.77. The van der Waals surface area contributed by atoms with Crippen molar-refractivity contribution >= 4 is 22.6 Å². The Morgan fingerprint density at radius 1 is 1.35 bits per heavy atom. The van der Waals surface area contributed by atoms with Gasteiger partial charge in [0.05, 0.1) is 6.04 Å². The molecule has 2 rings (SSSR count). The first-order chi connectivity index (χ1) is 8.19. The van der Waals surface area contributed by atoms with Gasteiger partial charge in [-0.3, -0.25) is 4.99 Å². The molecule has 1 aromatic carbocycles. The van der Waals surface area contributed by atoms with E-state index in [1.54, 1.807) is 0 Å². The molecule has 0 amide bonds. The largest absolute Gasteiger partial charge is 0.335 e. The van der Waals surface area contributed by atoms with Crippen molar-refractivity contribution in [2.45, 2.75) is 39.2 Å². The van der Waals surface area contributed by atoms with E-state index in [-0.39, 0.29) is 0 Å². The summed E-state index contributed by atoms with van der Waals surface area (Å²) in [4.78, 5) is 4.63. The van der Waals surface area contributed by atoms with Gasteiger partial charge in [-0.15, -0.1) is 0 Å². The fraction of sp³-hybridized carbons (Fsp3) is 0.500. The van der Waals surface area contributed by atoms with Crippen LogP contribution in [0.1, 0.15) is 38.7 Å². The maximum Gasteiger partial charge on any atom is 0.161 e. The van der Waals surface area contributed by atoms with Crippen LogP contribution in [0.3, 0.4) is 0 Å². The monoisotopic (exact) mass is 248 g/mol. The van der Waals surface area contributed by atoms with Crippen LogP contribution in [0.4, 0.5) is 5.69 Å². The summed E-state index contributed by atoms with van der Waals surface area (Å²) in [6, 6.07) is 9.14. The van der Waals surface area contributed by atoms with Gasteiger partial charge in [0.2, 0.25) is 0 Å². The summed E-state index contributed by atoms with van der Waals surface area (Å²) in [5, 5.41) is 4.45. The number of hydrogen-bond donors (Lipinski definition) is 1. The minimum absolute atomic E-state index is 0.498. The van der Waals surface area contributed by atoms with E-state index in [0.717, 1.165) is 23.0 Å². The Kier molecular flexibility index (Phi) is 4.11. The maximum absolute atomic E-state index is 4.63. The molecule has 0 radical (unpaired) electrons. The molecule has 92 valence electrons. The van der Waals surface area contributed by atoms with E-state index in [1.165, 1.54) is 5.56 Å². The molecule has 1 aromatic rings. The van der Waals surface area contributed by atoms with Gasteiger partial charge in [-0.05, 0) is 30.0 Å². The second-order valence-corrected chi connectivity index (χ2v) is 5.72. The molecule has 2 nitrogen and oxygen atoms in total. The Hall–Kier alpha value is -0.960. The number of aliphatic imine (C=N–C) groups is 1. The molecule has 17 heavy (non-hydrogen) atoms. The van der Waals surface area contributed by atoms with E-state index in [4.69, 9.17) is 0 Å². The first-order valence-corrected chi connectivity index (χ1v) is 7.25. The molecule has 1 aliphatic heterocycles. The third-order valence-electron chi connectivity index (χ3n) is 3.01. The Labute approximate surface area is 108 Å². The summed E-state index contributed by atoms with van der Waals surface area (Å²) in [7, 11) is 0. The summed E-state index contributed by atoms with van der Waals surface area (Å²) in [6.07, 6.45) is 1.13. The number of nitrogens with one attached hydrogen (secondary N) is 1. The second-order valence-electron chi connectivity index (χ2n) is 4.71. The van der Waals surface area contributed by atoms with Crippen molar-refractivity contribution in [1.82, 2.24) is 0 Å². The zero-order chi connectivity index (χ0) is 12.3. The van der Waals surface area contributed by atoms with Crippen LogP contribution in [0, 0.1) is 0 Å². The molecule has 1 aliphatic rings. The number of hydrogen-bond acceptors (Lipinski definition) is 3. The van der Waals surface area contributed by atoms with Crippen LogP contribution in [0.5, 0.6) is 0 Å². The fourth-order valence-electron chi connectivity index (χ4n) is 1.77. The predicted molar refractivity (Wildman–Crippen MR) is 78.1 cm³/mol. The van der Waals surface area contributed by atoms with Gasteiger partial charge in [0, 0.05) is 11.4 Å². The van der Waals surface area contributed by atoms with Gasteiger partial charge >= 0.3 is 0 Å². The van der Waals surface area contributed by atoms with E-state index in [0.29, 0.717) is 12.0 Å². The van der Waals surface area contributed by atoms with Gasteiger partial charge in [-0.25, -0.2) is 0 Å². The minimum Gasteiger partial charge on any atom is -0.335 e. The molecule has 0 fully saturated rings. The van der Waals surface area contributed by atoms with Crippen LogP contribution in [-0.2, 0) is 0 Å². The SMILES string of the molecule is CCC1CSC(Nc2ccc(C(C)C)cc2)=N1. The van der Waals surface area contributed by atoms with Crippen LogP contribution < -0.4 is 5.32 Å². The zero-order valence-electron chi connectivity index (χ0n) is 10.7. The average molecular weight is 248 g/mol. The third kappa shape index (κ3) is 3.25. The molecule has 0 bridgehead atoms. The first kappa shape index (κ1) is 12.5. The summed E-state index contributed by atoms with van der Waals surface area (Å²) < 4.78 is 0. The highest BCUT2D eigenvalue weighted by molar-refractivity contribution is 8.14. The van der Waals surface area contributed by atoms with E-state index in [1.807, 2.05) is 11.8 Å². The third-order valence-corrected chi connectivity index (χ3v) is 4.04. The van der Waals surface area contributed by atoms with E-state index in [9.17, 15) is 0 Å². The van der Waals surface area contributed by atoms with Gasteiger partial charge in [0.15, 0.2) is 5.17 Å². The van der Waals surface area contributed by atoms with Crippen molar-refractivity contribution in [3.8, 4) is 0 Å². The lowest BCUT2D eigenvalue weighted by molar-refractivity contribution is 0.738. The van der Waals surface area contributed by atoms with Crippen molar-refractivity contribution in [2.75, 3.05) is 11.1 Å². The van der Waals surface area contributed by atoms with Gasteiger partial charge in [0.25, 0.3) is 0 Å². The van der Waals surface area contributed by atoms with Crippen LogP contribution in [-0.4, -0.2) is 17.0 Å². The lowest BCUT2D eigenvalue weighted by Gasteiger charge is -2.08. The van der Waals surface area contributed by atoms with E-state index >= 15 is 0 Å². The van der Waals surface area contributed by atoms with Gasteiger partial charge in [0.1, 0.15) is 0 Å². The molecule has 1 atom stereocenters. The normalized spacial score (nSPS) is 19.5. The molecule has 0 spiro atoms. The second kappa shape index (κ2) is 5.58. The van der Waals surface area contributed by atoms with E-state index < -0.39 is 0 Å². The standard InChI is InChI=1S/C14H20N2S/c1-4-12-9-17-14(15-12)16-13-7-5-11(6-8-13)10(2)3/h5-8,10,12H,4,9H2,1-3H3,(H,15,16). The molecule has 3 heteroatoms. The fourth-order valence-corrected chi connectivity index (χ4v) is 2.84. The smallest absolute Gasteiger partial charge is 0.161 e. The Bertz CT molecular complexity index is 395. The summed E-state index contributed by atoms with van der Waals surface area (Å²) >= 11 is 1.82. The Morgan fingerprint density at radius 3 is 2.59 bits per heavy atom. The molecular weight excluding hydrogens is 228 g/mol. The summed E-state index contributed by atoms with van der Waals surface area (Å²) in [5.41, 5.74) is 2.51. The highest BCUT2D eigenvalue weighted by atomic mass is 32.2. The number of rotatable bonds is 3. The van der Waals surface area contributed by atoms with Crippen molar-refractivity contribution in [2.24, 2.45) is 4.99 Å². The Morgan fingerprint density at radius 2 is 2.06 bits per heavy atom. The quantitative estimate of drug-likeness (QED) is 0.870. The lowest BCUT2D eigenvalue weighted by Crippen LogP contribution is -2.05. The highest BCUT2D eigenvalue weighted by Gasteiger charge is 2.16.